The number of benzene rings is 2. The number of carbonyl (C=O) groups excluding carboxylic acids is 1. The van der Waals surface area contributed by atoms with E-state index in [-0.39, 0.29) is 17.2 Å². The monoisotopic (exact) mass is 376 g/mol. The van der Waals surface area contributed by atoms with Gasteiger partial charge in [-0.2, -0.15) is 8.78 Å². The van der Waals surface area contributed by atoms with E-state index >= 15 is 0 Å². The number of alkyl halides is 2. The highest BCUT2D eigenvalue weighted by Gasteiger charge is 2.11. The van der Waals surface area contributed by atoms with Crippen molar-refractivity contribution in [3.05, 3.63) is 65.2 Å². The first-order chi connectivity index (χ1) is 13.1. The second kappa shape index (κ2) is 9.43. The maximum Gasteiger partial charge on any atom is 0.387 e. The lowest BCUT2D eigenvalue weighted by Crippen LogP contribution is -2.35. The van der Waals surface area contributed by atoms with Gasteiger partial charge < -0.3 is 14.8 Å². The third-order valence-electron chi connectivity index (χ3n) is 4.31. The first-order valence-corrected chi connectivity index (χ1v) is 8.81. The Morgan fingerprint density at radius 2 is 1.81 bits per heavy atom. The minimum absolute atomic E-state index is 0.0369. The molecule has 1 aliphatic rings. The normalized spacial score (nSPS) is 14.9. The molecule has 0 bridgehead atoms. The molecule has 5 nitrogen and oxygen atoms in total. The summed E-state index contributed by atoms with van der Waals surface area (Å²) in [5.41, 5.74) is 2.45. The molecule has 0 unspecified atom stereocenters. The second-order valence-electron chi connectivity index (χ2n) is 6.29. The van der Waals surface area contributed by atoms with Gasteiger partial charge in [-0.1, -0.05) is 30.3 Å². The molecule has 0 aliphatic carbocycles. The van der Waals surface area contributed by atoms with Crippen molar-refractivity contribution in [2.24, 2.45) is 0 Å². The Kier molecular flexibility index (Phi) is 6.73. The van der Waals surface area contributed by atoms with Crippen molar-refractivity contribution in [1.82, 2.24) is 10.2 Å². The Balaban J connectivity index is 1.51. The zero-order valence-corrected chi connectivity index (χ0v) is 14.9. The molecule has 0 radical (unpaired) electrons. The highest BCUT2D eigenvalue weighted by molar-refractivity contribution is 5.94. The summed E-state index contributed by atoms with van der Waals surface area (Å²) in [7, 11) is 0. The van der Waals surface area contributed by atoms with E-state index in [1.807, 2.05) is 24.3 Å². The number of amides is 1. The zero-order valence-electron chi connectivity index (χ0n) is 14.9. The van der Waals surface area contributed by atoms with Crippen LogP contribution < -0.4 is 10.1 Å². The Morgan fingerprint density at radius 1 is 1.11 bits per heavy atom. The van der Waals surface area contributed by atoms with Gasteiger partial charge in [0, 0.05) is 31.7 Å². The Hall–Kier alpha value is -2.51. The molecule has 7 heteroatoms. The molecule has 27 heavy (non-hydrogen) atoms. The van der Waals surface area contributed by atoms with E-state index in [1.165, 1.54) is 23.8 Å². The third kappa shape index (κ3) is 6.01. The summed E-state index contributed by atoms with van der Waals surface area (Å²) in [6.45, 7) is 1.74. The van der Waals surface area contributed by atoms with Gasteiger partial charge in [-0.3, -0.25) is 9.69 Å². The number of ether oxygens (including phenoxy) is 2. The van der Waals surface area contributed by atoms with Gasteiger partial charge in [-0.25, -0.2) is 0 Å². The molecule has 2 aromatic carbocycles. The number of halogens is 2. The average molecular weight is 376 g/mol. The van der Waals surface area contributed by atoms with Crippen LogP contribution in [0.1, 0.15) is 21.5 Å². The summed E-state index contributed by atoms with van der Waals surface area (Å²) >= 11 is 0. The van der Waals surface area contributed by atoms with E-state index in [2.05, 4.69) is 15.0 Å². The van der Waals surface area contributed by atoms with Crippen molar-refractivity contribution in [2.45, 2.75) is 19.7 Å². The van der Waals surface area contributed by atoms with Crippen molar-refractivity contribution >= 4 is 5.91 Å². The van der Waals surface area contributed by atoms with Gasteiger partial charge in [0.2, 0.25) is 0 Å². The zero-order chi connectivity index (χ0) is 19.1. The highest BCUT2D eigenvalue weighted by atomic mass is 19.3. The maximum atomic E-state index is 12.3. The van der Waals surface area contributed by atoms with E-state index in [0.29, 0.717) is 6.54 Å². The first kappa shape index (κ1) is 19.3. The number of carbonyl (C=O) groups is 1. The number of hydrogen-bond acceptors (Lipinski definition) is 4. The van der Waals surface area contributed by atoms with Crippen LogP contribution in [-0.2, 0) is 17.8 Å². The molecule has 0 saturated carbocycles. The number of nitrogens with zero attached hydrogens (tertiary/aromatic N) is 1. The number of hydrogen-bond donors (Lipinski definition) is 1. The largest absolute Gasteiger partial charge is 0.435 e. The van der Waals surface area contributed by atoms with Crippen LogP contribution in [0.25, 0.3) is 0 Å². The molecule has 0 spiro atoms. The van der Waals surface area contributed by atoms with Gasteiger partial charge in [0.1, 0.15) is 5.75 Å². The molecule has 1 aliphatic heterocycles. The fourth-order valence-electron chi connectivity index (χ4n) is 2.88. The van der Waals surface area contributed by atoms with E-state index in [0.717, 1.165) is 38.4 Å². The van der Waals surface area contributed by atoms with Gasteiger partial charge in [-0.15, -0.1) is 0 Å². The van der Waals surface area contributed by atoms with Crippen LogP contribution >= 0.6 is 0 Å². The van der Waals surface area contributed by atoms with Gasteiger partial charge in [-0.05, 0) is 29.3 Å². The molecule has 2 aromatic rings. The summed E-state index contributed by atoms with van der Waals surface area (Å²) in [5, 5.41) is 2.79. The van der Waals surface area contributed by atoms with Gasteiger partial charge in [0.15, 0.2) is 0 Å². The van der Waals surface area contributed by atoms with Crippen molar-refractivity contribution in [3.63, 3.8) is 0 Å². The summed E-state index contributed by atoms with van der Waals surface area (Å²) < 4.78 is 34.2. The quantitative estimate of drug-likeness (QED) is 0.807. The molecule has 144 valence electrons. The number of rotatable bonds is 7. The standard InChI is InChI=1S/C20H22F2N2O3/c21-20(22)27-18-3-1-2-17(12-18)19(25)23-13-15-4-6-16(7-5-15)14-24-8-10-26-11-9-24/h1-7,12,20H,8-11,13-14H2,(H,23,25). The maximum absolute atomic E-state index is 12.3. The molecule has 1 heterocycles. The van der Waals surface area contributed by atoms with E-state index in [1.54, 1.807) is 6.07 Å². The van der Waals surface area contributed by atoms with Crippen LogP contribution in [-0.4, -0.2) is 43.7 Å². The third-order valence-corrected chi connectivity index (χ3v) is 4.31. The first-order valence-electron chi connectivity index (χ1n) is 8.81. The van der Waals surface area contributed by atoms with Crippen molar-refractivity contribution < 1.29 is 23.0 Å². The van der Waals surface area contributed by atoms with Crippen molar-refractivity contribution in [1.29, 1.82) is 0 Å². The summed E-state index contributed by atoms with van der Waals surface area (Å²) in [4.78, 5) is 14.6. The fraction of sp³-hybridized carbons (Fsp3) is 0.350. The smallest absolute Gasteiger partial charge is 0.387 e. The van der Waals surface area contributed by atoms with Crippen LogP contribution in [0.4, 0.5) is 8.78 Å². The van der Waals surface area contributed by atoms with Crippen LogP contribution in [0.3, 0.4) is 0 Å². The van der Waals surface area contributed by atoms with Crippen LogP contribution in [0.5, 0.6) is 5.75 Å². The minimum atomic E-state index is -2.92. The summed E-state index contributed by atoms with van der Waals surface area (Å²) in [6.07, 6.45) is 0. The average Bonchev–Trinajstić information content (AvgIpc) is 2.68. The van der Waals surface area contributed by atoms with E-state index < -0.39 is 6.61 Å². The number of morpholine rings is 1. The van der Waals surface area contributed by atoms with Gasteiger partial charge in [0.05, 0.1) is 13.2 Å². The van der Waals surface area contributed by atoms with E-state index in [9.17, 15) is 13.6 Å². The fourth-order valence-corrected chi connectivity index (χ4v) is 2.88. The SMILES string of the molecule is O=C(NCc1ccc(CN2CCOCC2)cc1)c1cccc(OC(F)F)c1. The van der Waals surface area contributed by atoms with Gasteiger partial charge >= 0.3 is 6.61 Å². The topological polar surface area (TPSA) is 50.8 Å². The molecule has 1 amide bonds. The Morgan fingerprint density at radius 3 is 2.52 bits per heavy atom. The molecule has 0 atom stereocenters. The number of nitrogens with one attached hydrogen (secondary N) is 1. The van der Waals surface area contributed by atoms with Crippen LogP contribution in [0, 0.1) is 0 Å². The Bertz CT molecular complexity index is 747. The molecule has 1 saturated heterocycles. The molecular formula is C20H22F2N2O3. The van der Waals surface area contributed by atoms with Crippen molar-refractivity contribution in [3.8, 4) is 5.75 Å². The molecular weight excluding hydrogens is 354 g/mol. The lowest BCUT2D eigenvalue weighted by Gasteiger charge is -2.26. The van der Waals surface area contributed by atoms with Crippen LogP contribution in [0.2, 0.25) is 0 Å². The summed E-state index contributed by atoms with van der Waals surface area (Å²) in [6, 6.07) is 13.8. The summed E-state index contributed by atoms with van der Waals surface area (Å²) in [5.74, 6) is -0.378. The van der Waals surface area contributed by atoms with E-state index in [4.69, 9.17) is 4.74 Å². The van der Waals surface area contributed by atoms with Gasteiger partial charge in [0.25, 0.3) is 5.91 Å². The molecule has 1 fully saturated rings. The molecule has 1 N–H and O–H groups in total. The molecule has 3 rings (SSSR count). The second-order valence-corrected chi connectivity index (χ2v) is 6.29. The Labute approximate surface area is 156 Å². The van der Waals surface area contributed by atoms with Crippen LogP contribution in [0.15, 0.2) is 48.5 Å². The molecule has 0 aromatic heterocycles. The lowest BCUT2D eigenvalue weighted by atomic mass is 10.1. The highest BCUT2D eigenvalue weighted by Crippen LogP contribution is 2.16. The predicted octanol–water partition coefficient (Wildman–Crippen LogP) is 3.05. The predicted molar refractivity (Wildman–Crippen MR) is 96.8 cm³/mol. The lowest BCUT2D eigenvalue weighted by molar-refractivity contribution is -0.0498. The minimum Gasteiger partial charge on any atom is -0.435 e. The van der Waals surface area contributed by atoms with Crippen molar-refractivity contribution in [2.75, 3.05) is 26.3 Å².